The van der Waals surface area contributed by atoms with E-state index in [2.05, 4.69) is 4.74 Å². The molecule has 7 heteroatoms. The van der Waals surface area contributed by atoms with E-state index in [-0.39, 0.29) is 13.2 Å². The Bertz CT molecular complexity index is 461. The van der Waals surface area contributed by atoms with Crippen molar-refractivity contribution >= 4 is 0 Å². The lowest BCUT2D eigenvalue weighted by Crippen LogP contribution is -2.62. The number of alkyl halides is 3. The van der Waals surface area contributed by atoms with Crippen LogP contribution in [-0.2, 0) is 15.1 Å². The van der Waals surface area contributed by atoms with Gasteiger partial charge in [0.1, 0.15) is 12.2 Å². The molecule has 0 spiro atoms. The lowest BCUT2D eigenvalue weighted by molar-refractivity contribution is -0.182. The topological polar surface area (TPSA) is 41.9 Å². The monoisotopic (exact) mass is 319 g/mol. The quantitative estimate of drug-likeness (QED) is 0.832. The fraction of sp³-hybridized carbons (Fsp3) is 0.600. The minimum atomic E-state index is -4.37. The van der Waals surface area contributed by atoms with Gasteiger partial charge >= 0.3 is 6.18 Å². The van der Waals surface area contributed by atoms with E-state index in [1.807, 2.05) is 35.2 Å². The number of nitrogens with zero attached hydrogens (tertiary/aromatic N) is 1. The molecule has 0 aliphatic carbocycles. The Morgan fingerprint density at radius 1 is 1.27 bits per heavy atom. The summed E-state index contributed by atoms with van der Waals surface area (Å²) >= 11 is 0. The minimum absolute atomic E-state index is 0.260. The van der Waals surface area contributed by atoms with Gasteiger partial charge in [-0.25, -0.2) is 0 Å². The third-order valence-corrected chi connectivity index (χ3v) is 3.69. The molecule has 1 aromatic rings. The maximum Gasteiger partial charge on any atom is 0.411 e. The molecule has 1 N–H and O–H groups in total. The summed E-state index contributed by atoms with van der Waals surface area (Å²) < 4.78 is 45.9. The molecule has 1 saturated heterocycles. The molecule has 22 heavy (non-hydrogen) atoms. The number of aliphatic hydroxyl groups is 1. The van der Waals surface area contributed by atoms with Gasteiger partial charge in [0.25, 0.3) is 0 Å². The maximum absolute atomic E-state index is 11.9. The standard InChI is InChI=1S/C15H20F3NO3/c1-21-14(12-5-3-2-4-6-12)9-19(10-14)7-13(20)8-22-11-15(16,17)18/h2-6,13,20H,7-11H2,1H3. The first kappa shape index (κ1) is 17.2. The molecule has 0 bridgehead atoms. The predicted octanol–water partition coefficient (Wildman–Crippen LogP) is 1.78. The first-order valence-corrected chi connectivity index (χ1v) is 7.00. The van der Waals surface area contributed by atoms with Gasteiger partial charge in [0.05, 0.1) is 12.7 Å². The third-order valence-electron chi connectivity index (χ3n) is 3.69. The molecule has 1 aromatic carbocycles. The molecule has 1 unspecified atom stereocenters. The highest BCUT2D eigenvalue weighted by molar-refractivity contribution is 5.26. The first-order chi connectivity index (χ1) is 10.3. The Balaban J connectivity index is 1.76. The zero-order chi connectivity index (χ0) is 16.2. The van der Waals surface area contributed by atoms with Gasteiger partial charge < -0.3 is 14.6 Å². The zero-order valence-corrected chi connectivity index (χ0v) is 12.3. The van der Waals surface area contributed by atoms with Gasteiger partial charge in [0.15, 0.2) is 0 Å². The Hall–Kier alpha value is -1.15. The number of likely N-dealkylation sites (tertiary alicyclic amines) is 1. The summed E-state index contributed by atoms with van der Waals surface area (Å²) in [6.07, 6.45) is -5.32. The Labute approximate surface area is 127 Å². The number of hydrogen-bond acceptors (Lipinski definition) is 4. The second kappa shape index (κ2) is 6.95. The average Bonchev–Trinajstić information content (AvgIpc) is 2.42. The number of aliphatic hydroxyl groups excluding tert-OH is 1. The van der Waals surface area contributed by atoms with Crippen LogP contribution in [0.3, 0.4) is 0 Å². The van der Waals surface area contributed by atoms with Crippen LogP contribution in [-0.4, -0.2) is 62.2 Å². The lowest BCUT2D eigenvalue weighted by Gasteiger charge is -2.50. The van der Waals surface area contributed by atoms with E-state index < -0.39 is 24.5 Å². The summed E-state index contributed by atoms with van der Waals surface area (Å²) in [6.45, 7) is -0.235. The van der Waals surface area contributed by atoms with E-state index >= 15 is 0 Å². The van der Waals surface area contributed by atoms with E-state index in [9.17, 15) is 18.3 Å². The van der Waals surface area contributed by atoms with Crippen molar-refractivity contribution in [1.29, 1.82) is 0 Å². The van der Waals surface area contributed by atoms with E-state index in [0.29, 0.717) is 13.1 Å². The van der Waals surface area contributed by atoms with E-state index in [1.165, 1.54) is 0 Å². The smallest absolute Gasteiger partial charge is 0.389 e. The number of rotatable bonds is 7. The SMILES string of the molecule is COC1(c2ccccc2)CN(CC(O)COCC(F)(F)F)C1. The van der Waals surface area contributed by atoms with Crippen molar-refractivity contribution < 1.29 is 27.8 Å². The summed E-state index contributed by atoms with van der Waals surface area (Å²) in [7, 11) is 1.63. The van der Waals surface area contributed by atoms with Crippen LogP contribution in [0.5, 0.6) is 0 Å². The van der Waals surface area contributed by atoms with Gasteiger partial charge in [0.2, 0.25) is 0 Å². The van der Waals surface area contributed by atoms with Crippen LogP contribution in [0, 0.1) is 0 Å². The number of halogens is 3. The zero-order valence-electron chi connectivity index (χ0n) is 12.3. The molecule has 0 aromatic heterocycles. The van der Waals surface area contributed by atoms with Gasteiger partial charge in [0, 0.05) is 26.7 Å². The third kappa shape index (κ3) is 4.42. The molecule has 1 atom stereocenters. The van der Waals surface area contributed by atoms with Gasteiger partial charge in [-0.2, -0.15) is 13.2 Å². The second-order valence-electron chi connectivity index (χ2n) is 5.52. The molecule has 0 radical (unpaired) electrons. The highest BCUT2D eigenvalue weighted by Crippen LogP contribution is 2.35. The van der Waals surface area contributed by atoms with Crippen molar-refractivity contribution in [2.24, 2.45) is 0 Å². The van der Waals surface area contributed by atoms with Crippen molar-refractivity contribution in [3.05, 3.63) is 35.9 Å². The van der Waals surface area contributed by atoms with Crippen LogP contribution in [0.15, 0.2) is 30.3 Å². The number of methoxy groups -OCH3 is 1. The Morgan fingerprint density at radius 2 is 1.91 bits per heavy atom. The highest BCUT2D eigenvalue weighted by Gasteiger charge is 2.45. The average molecular weight is 319 g/mol. The van der Waals surface area contributed by atoms with Gasteiger partial charge in [-0.05, 0) is 5.56 Å². The summed E-state index contributed by atoms with van der Waals surface area (Å²) in [6, 6.07) is 9.73. The van der Waals surface area contributed by atoms with Crippen LogP contribution in [0.1, 0.15) is 5.56 Å². The molecular formula is C15H20F3NO3. The van der Waals surface area contributed by atoms with E-state index in [1.54, 1.807) is 7.11 Å². The maximum atomic E-state index is 11.9. The summed E-state index contributed by atoms with van der Waals surface area (Å²) in [5, 5.41) is 9.72. The highest BCUT2D eigenvalue weighted by atomic mass is 19.4. The summed E-state index contributed by atoms with van der Waals surface area (Å²) in [5.74, 6) is 0. The summed E-state index contributed by atoms with van der Waals surface area (Å²) in [5.41, 5.74) is 0.643. The number of ether oxygens (including phenoxy) is 2. The molecule has 1 fully saturated rings. The van der Waals surface area contributed by atoms with Gasteiger partial charge in [-0.1, -0.05) is 30.3 Å². The van der Waals surface area contributed by atoms with Crippen molar-refractivity contribution in [3.8, 4) is 0 Å². The fourth-order valence-corrected chi connectivity index (χ4v) is 2.64. The largest absolute Gasteiger partial charge is 0.411 e. The van der Waals surface area contributed by atoms with Crippen molar-refractivity contribution in [3.63, 3.8) is 0 Å². The normalized spacial score (nSPS) is 19.7. The lowest BCUT2D eigenvalue weighted by atomic mass is 9.85. The van der Waals surface area contributed by atoms with Gasteiger partial charge in [-0.3, -0.25) is 4.90 Å². The predicted molar refractivity (Wildman–Crippen MR) is 74.4 cm³/mol. The molecule has 1 aliphatic heterocycles. The van der Waals surface area contributed by atoms with Crippen molar-refractivity contribution in [1.82, 2.24) is 4.90 Å². The molecule has 1 heterocycles. The number of β-amino-alcohol motifs (C(OH)–C–C–N with tert-alkyl or cyclic N) is 1. The fourth-order valence-electron chi connectivity index (χ4n) is 2.64. The molecule has 124 valence electrons. The van der Waals surface area contributed by atoms with E-state index in [4.69, 9.17) is 4.74 Å². The summed E-state index contributed by atoms with van der Waals surface area (Å²) in [4.78, 5) is 1.93. The number of benzene rings is 1. The Kier molecular flexibility index (Phi) is 5.44. The minimum Gasteiger partial charge on any atom is -0.389 e. The molecular weight excluding hydrogens is 299 g/mol. The van der Waals surface area contributed by atoms with Crippen molar-refractivity contribution in [2.75, 3.05) is 40.0 Å². The first-order valence-electron chi connectivity index (χ1n) is 7.00. The van der Waals surface area contributed by atoms with Crippen LogP contribution in [0.4, 0.5) is 13.2 Å². The molecule has 0 amide bonds. The Morgan fingerprint density at radius 3 is 2.45 bits per heavy atom. The van der Waals surface area contributed by atoms with Crippen LogP contribution < -0.4 is 0 Å². The molecule has 2 rings (SSSR count). The van der Waals surface area contributed by atoms with Gasteiger partial charge in [-0.15, -0.1) is 0 Å². The number of hydrogen-bond donors (Lipinski definition) is 1. The molecule has 0 saturated carbocycles. The van der Waals surface area contributed by atoms with Crippen LogP contribution >= 0.6 is 0 Å². The molecule has 1 aliphatic rings. The van der Waals surface area contributed by atoms with Crippen LogP contribution in [0.25, 0.3) is 0 Å². The second-order valence-corrected chi connectivity index (χ2v) is 5.52. The van der Waals surface area contributed by atoms with E-state index in [0.717, 1.165) is 5.56 Å². The van der Waals surface area contributed by atoms with Crippen molar-refractivity contribution in [2.45, 2.75) is 17.9 Å². The van der Waals surface area contributed by atoms with Crippen LogP contribution in [0.2, 0.25) is 0 Å². The molecule has 4 nitrogen and oxygen atoms in total.